The average Bonchev–Trinajstić information content (AvgIpc) is 2.36. The molecule has 1 aromatic rings. The fraction of sp³-hybridized carbons (Fsp3) is 0.333. The maximum atomic E-state index is 11.8. The molecule has 6 N–H and O–H groups in total. The van der Waals surface area contributed by atoms with Gasteiger partial charge in [-0.2, -0.15) is 0 Å². The van der Waals surface area contributed by atoms with Crippen LogP contribution in [0, 0.1) is 6.92 Å². The number of nitrogens with two attached hydrogens (primary N) is 2. The van der Waals surface area contributed by atoms with Crippen LogP contribution in [-0.2, 0) is 19.6 Å². The van der Waals surface area contributed by atoms with Crippen molar-refractivity contribution in [1.82, 2.24) is 0 Å². The number of amides is 1. The Hall–Kier alpha value is -1.97. The fourth-order valence-electron chi connectivity index (χ4n) is 1.63. The lowest BCUT2D eigenvalue weighted by atomic mass is 10.1. The van der Waals surface area contributed by atoms with Gasteiger partial charge in [0.05, 0.1) is 10.9 Å². The molecule has 0 heterocycles. The Bertz CT molecular complexity index is 657. The summed E-state index contributed by atoms with van der Waals surface area (Å²) < 4.78 is 22.8. The van der Waals surface area contributed by atoms with Crippen LogP contribution in [0.15, 0.2) is 23.1 Å². The van der Waals surface area contributed by atoms with Crippen LogP contribution < -0.4 is 16.2 Å². The van der Waals surface area contributed by atoms with Gasteiger partial charge in [0, 0.05) is 12.1 Å². The number of hydrogen-bond acceptors (Lipinski definition) is 5. The Balaban J connectivity index is 2.84. The standard InChI is InChI=1S/C12H17N3O5S/c1-7-2-3-8(6-10(7)21(14,19)20)15-12(18)9(13)4-5-11(16)17/h2-3,6,9H,4-5,13H2,1H3,(H,15,18)(H,16,17)(H2,14,19,20). The van der Waals surface area contributed by atoms with Crippen molar-refractivity contribution >= 4 is 27.6 Å². The van der Waals surface area contributed by atoms with Crippen LogP contribution in [0.4, 0.5) is 5.69 Å². The van der Waals surface area contributed by atoms with E-state index in [1.165, 1.54) is 18.2 Å². The molecular formula is C12H17N3O5S. The fourth-order valence-corrected chi connectivity index (χ4v) is 2.44. The Morgan fingerprint density at radius 1 is 1.38 bits per heavy atom. The summed E-state index contributed by atoms with van der Waals surface area (Å²) in [6.07, 6.45) is -0.250. The number of benzene rings is 1. The number of primary sulfonamides is 1. The van der Waals surface area contributed by atoms with Gasteiger partial charge in [-0.1, -0.05) is 6.07 Å². The summed E-state index contributed by atoms with van der Waals surface area (Å²) in [6.45, 7) is 1.57. The van der Waals surface area contributed by atoms with Crippen molar-refractivity contribution < 1.29 is 23.1 Å². The van der Waals surface area contributed by atoms with Gasteiger partial charge in [-0.05, 0) is 31.0 Å². The third kappa shape index (κ3) is 5.14. The van der Waals surface area contributed by atoms with Gasteiger partial charge in [-0.3, -0.25) is 9.59 Å². The molecule has 0 aromatic heterocycles. The second-order valence-electron chi connectivity index (χ2n) is 4.55. The van der Waals surface area contributed by atoms with Gasteiger partial charge in [0.15, 0.2) is 0 Å². The quantitative estimate of drug-likeness (QED) is 0.569. The van der Waals surface area contributed by atoms with Crippen molar-refractivity contribution in [3.63, 3.8) is 0 Å². The Labute approximate surface area is 122 Å². The molecule has 1 rings (SSSR count). The molecule has 1 unspecified atom stereocenters. The minimum Gasteiger partial charge on any atom is -0.481 e. The Kier molecular flexibility index (Phi) is 5.41. The summed E-state index contributed by atoms with van der Waals surface area (Å²) in [5.41, 5.74) is 6.22. The van der Waals surface area contributed by atoms with E-state index in [0.29, 0.717) is 5.56 Å². The smallest absolute Gasteiger partial charge is 0.303 e. The molecule has 1 amide bonds. The summed E-state index contributed by atoms with van der Waals surface area (Å²) in [5, 5.41) is 16.0. The number of carbonyl (C=O) groups is 2. The zero-order valence-electron chi connectivity index (χ0n) is 11.4. The normalized spacial score (nSPS) is 12.7. The molecule has 0 saturated carbocycles. The van der Waals surface area contributed by atoms with E-state index in [0.717, 1.165) is 0 Å². The highest BCUT2D eigenvalue weighted by Gasteiger charge is 2.17. The van der Waals surface area contributed by atoms with Crippen LogP contribution in [0.1, 0.15) is 18.4 Å². The highest BCUT2D eigenvalue weighted by molar-refractivity contribution is 7.89. The summed E-state index contributed by atoms with van der Waals surface area (Å²) in [6, 6.07) is 3.23. The molecule has 0 spiro atoms. The first-order valence-corrected chi connectivity index (χ1v) is 7.57. The molecule has 1 atom stereocenters. The van der Waals surface area contributed by atoms with Crippen molar-refractivity contribution in [2.24, 2.45) is 10.9 Å². The van der Waals surface area contributed by atoms with E-state index in [9.17, 15) is 18.0 Å². The molecule has 0 saturated heterocycles. The number of sulfonamides is 1. The Morgan fingerprint density at radius 3 is 2.52 bits per heavy atom. The maximum Gasteiger partial charge on any atom is 0.303 e. The predicted octanol–water partition coefficient (Wildman–Crippen LogP) is -0.227. The van der Waals surface area contributed by atoms with Crippen molar-refractivity contribution in [3.8, 4) is 0 Å². The van der Waals surface area contributed by atoms with E-state index in [1.807, 2.05) is 0 Å². The third-order valence-electron chi connectivity index (χ3n) is 2.77. The van der Waals surface area contributed by atoms with Gasteiger partial charge < -0.3 is 16.2 Å². The number of anilines is 1. The molecule has 9 heteroatoms. The van der Waals surface area contributed by atoms with Gasteiger partial charge in [0.2, 0.25) is 15.9 Å². The maximum absolute atomic E-state index is 11.8. The van der Waals surface area contributed by atoms with E-state index in [2.05, 4.69) is 5.32 Å². The molecule has 21 heavy (non-hydrogen) atoms. The molecule has 0 aliphatic carbocycles. The van der Waals surface area contributed by atoms with Gasteiger partial charge >= 0.3 is 5.97 Å². The molecule has 1 aromatic carbocycles. The average molecular weight is 315 g/mol. The lowest BCUT2D eigenvalue weighted by Gasteiger charge is -2.12. The zero-order chi connectivity index (χ0) is 16.2. The van der Waals surface area contributed by atoms with E-state index in [4.69, 9.17) is 16.0 Å². The zero-order valence-corrected chi connectivity index (χ0v) is 12.2. The minimum absolute atomic E-state index is 0.0188. The molecule has 0 aliphatic heterocycles. The highest BCUT2D eigenvalue weighted by Crippen LogP contribution is 2.19. The predicted molar refractivity (Wildman–Crippen MR) is 76.0 cm³/mol. The highest BCUT2D eigenvalue weighted by atomic mass is 32.2. The summed E-state index contributed by atoms with van der Waals surface area (Å²) in [5.74, 6) is -1.65. The number of hydrogen-bond donors (Lipinski definition) is 4. The van der Waals surface area contributed by atoms with Crippen molar-refractivity contribution in [2.45, 2.75) is 30.7 Å². The van der Waals surface area contributed by atoms with E-state index in [1.54, 1.807) is 6.92 Å². The second-order valence-corrected chi connectivity index (χ2v) is 6.08. The number of aryl methyl sites for hydroxylation is 1. The first kappa shape index (κ1) is 17.1. The number of carboxylic acids is 1. The summed E-state index contributed by atoms with van der Waals surface area (Å²) in [7, 11) is -3.89. The number of rotatable bonds is 6. The topological polar surface area (TPSA) is 153 Å². The van der Waals surface area contributed by atoms with E-state index in [-0.39, 0.29) is 23.4 Å². The van der Waals surface area contributed by atoms with Crippen LogP contribution in [0.2, 0.25) is 0 Å². The second kappa shape index (κ2) is 6.66. The molecule has 0 fully saturated rings. The van der Waals surface area contributed by atoms with Gasteiger partial charge in [-0.25, -0.2) is 13.6 Å². The molecule has 0 aliphatic rings. The van der Waals surface area contributed by atoms with Gasteiger partial charge in [0.1, 0.15) is 0 Å². The summed E-state index contributed by atoms with van der Waals surface area (Å²) in [4.78, 5) is 22.1. The largest absolute Gasteiger partial charge is 0.481 e. The van der Waals surface area contributed by atoms with Crippen molar-refractivity contribution in [1.29, 1.82) is 0 Å². The van der Waals surface area contributed by atoms with Crippen LogP contribution in [0.5, 0.6) is 0 Å². The number of carbonyl (C=O) groups excluding carboxylic acids is 1. The van der Waals surface area contributed by atoms with Crippen LogP contribution >= 0.6 is 0 Å². The molecule has 0 radical (unpaired) electrons. The first-order valence-electron chi connectivity index (χ1n) is 6.03. The molecule has 116 valence electrons. The SMILES string of the molecule is Cc1ccc(NC(=O)C(N)CCC(=O)O)cc1S(N)(=O)=O. The van der Waals surface area contributed by atoms with Crippen LogP contribution in [0.3, 0.4) is 0 Å². The van der Waals surface area contributed by atoms with Gasteiger partial charge in [0.25, 0.3) is 0 Å². The summed E-state index contributed by atoms with van der Waals surface area (Å²) >= 11 is 0. The number of nitrogens with one attached hydrogen (secondary N) is 1. The lowest BCUT2D eigenvalue weighted by Crippen LogP contribution is -2.36. The third-order valence-corrected chi connectivity index (χ3v) is 3.82. The first-order chi connectivity index (χ1) is 9.61. The molecular weight excluding hydrogens is 298 g/mol. The van der Waals surface area contributed by atoms with Crippen molar-refractivity contribution in [3.05, 3.63) is 23.8 Å². The Morgan fingerprint density at radius 2 is 2.00 bits per heavy atom. The van der Waals surface area contributed by atoms with Crippen LogP contribution in [-0.4, -0.2) is 31.4 Å². The minimum atomic E-state index is -3.89. The monoisotopic (exact) mass is 315 g/mol. The molecule has 0 bridgehead atoms. The van der Waals surface area contributed by atoms with Crippen molar-refractivity contribution in [2.75, 3.05) is 5.32 Å². The lowest BCUT2D eigenvalue weighted by molar-refractivity contribution is -0.137. The number of carboxylic acid groups (broad SMARTS) is 1. The number of aliphatic carboxylic acids is 1. The van der Waals surface area contributed by atoms with E-state index < -0.39 is 27.9 Å². The van der Waals surface area contributed by atoms with Crippen LogP contribution in [0.25, 0.3) is 0 Å². The van der Waals surface area contributed by atoms with E-state index >= 15 is 0 Å². The van der Waals surface area contributed by atoms with Gasteiger partial charge in [-0.15, -0.1) is 0 Å². The molecule has 8 nitrogen and oxygen atoms in total.